The van der Waals surface area contributed by atoms with Gasteiger partial charge in [-0.15, -0.1) is 0 Å². The van der Waals surface area contributed by atoms with Crippen LogP contribution >= 0.6 is 15.9 Å². The van der Waals surface area contributed by atoms with Crippen molar-refractivity contribution in [1.29, 1.82) is 5.26 Å². The van der Waals surface area contributed by atoms with Crippen molar-refractivity contribution in [2.24, 2.45) is 0 Å². The predicted octanol–water partition coefficient (Wildman–Crippen LogP) is 3.37. The van der Waals surface area contributed by atoms with Crippen LogP contribution in [0.1, 0.15) is 5.56 Å². The fourth-order valence-corrected chi connectivity index (χ4v) is 2.05. The number of nitriles is 1. The molecule has 100 valence electrons. The second-order valence-corrected chi connectivity index (χ2v) is 4.89. The molecule has 0 aliphatic carbocycles. The molecule has 1 amide bonds. The summed E-state index contributed by atoms with van der Waals surface area (Å²) in [6.07, 6.45) is 0. The summed E-state index contributed by atoms with van der Waals surface area (Å²) < 4.78 is 0.825. The molecule has 0 atom stereocenters. The fraction of sp³-hybridized carbons (Fsp3) is 0.0667. The van der Waals surface area contributed by atoms with Crippen LogP contribution in [0.5, 0.6) is 0 Å². The van der Waals surface area contributed by atoms with Crippen LogP contribution in [0, 0.1) is 11.3 Å². The zero-order chi connectivity index (χ0) is 14.4. The zero-order valence-electron chi connectivity index (χ0n) is 10.6. The number of carbonyl (C=O) groups excluding carboxylic acids is 1. The van der Waals surface area contributed by atoms with Gasteiger partial charge in [0.15, 0.2) is 0 Å². The number of rotatable bonds is 4. The summed E-state index contributed by atoms with van der Waals surface area (Å²) in [5, 5.41) is 14.7. The standard InChI is InChI=1S/C15H12BrN3O/c16-12-6-2-4-8-14(12)19-15(20)10-18-13-7-3-1-5-11(13)9-17/h1-8,18H,10H2,(H,19,20). The normalized spacial score (nSPS) is 9.60. The molecule has 0 aliphatic heterocycles. The first kappa shape index (κ1) is 14.1. The topological polar surface area (TPSA) is 64.9 Å². The van der Waals surface area contributed by atoms with Gasteiger partial charge in [0.25, 0.3) is 0 Å². The van der Waals surface area contributed by atoms with Crippen LogP contribution in [0.4, 0.5) is 11.4 Å². The first-order valence-electron chi connectivity index (χ1n) is 5.98. The zero-order valence-corrected chi connectivity index (χ0v) is 12.1. The minimum atomic E-state index is -0.176. The van der Waals surface area contributed by atoms with Crippen molar-refractivity contribution in [2.75, 3.05) is 17.2 Å². The summed E-state index contributed by atoms with van der Waals surface area (Å²) in [7, 11) is 0. The molecule has 0 saturated heterocycles. The number of halogens is 1. The maximum atomic E-state index is 11.9. The molecular formula is C15H12BrN3O. The van der Waals surface area contributed by atoms with E-state index in [1.807, 2.05) is 30.3 Å². The van der Waals surface area contributed by atoms with Crippen LogP contribution in [-0.2, 0) is 4.79 Å². The summed E-state index contributed by atoms with van der Waals surface area (Å²) in [4.78, 5) is 11.9. The molecule has 0 fully saturated rings. The van der Waals surface area contributed by atoms with Crippen molar-refractivity contribution in [2.45, 2.75) is 0 Å². The molecule has 0 aromatic heterocycles. The molecular weight excluding hydrogens is 318 g/mol. The maximum Gasteiger partial charge on any atom is 0.243 e. The highest BCUT2D eigenvalue weighted by Gasteiger charge is 2.06. The lowest BCUT2D eigenvalue weighted by Crippen LogP contribution is -2.22. The highest BCUT2D eigenvalue weighted by molar-refractivity contribution is 9.10. The Balaban J connectivity index is 1.96. The van der Waals surface area contributed by atoms with E-state index < -0.39 is 0 Å². The Kier molecular flexibility index (Phi) is 4.75. The van der Waals surface area contributed by atoms with Gasteiger partial charge in [-0.25, -0.2) is 0 Å². The quantitative estimate of drug-likeness (QED) is 0.903. The van der Waals surface area contributed by atoms with E-state index in [-0.39, 0.29) is 12.5 Å². The maximum absolute atomic E-state index is 11.9. The number of benzene rings is 2. The molecule has 2 aromatic carbocycles. The molecule has 0 aliphatic rings. The largest absolute Gasteiger partial charge is 0.375 e. The Bertz CT molecular complexity index is 664. The lowest BCUT2D eigenvalue weighted by Gasteiger charge is -2.09. The van der Waals surface area contributed by atoms with E-state index in [4.69, 9.17) is 5.26 Å². The van der Waals surface area contributed by atoms with Crippen LogP contribution < -0.4 is 10.6 Å². The molecule has 2 rings (SSSR count). The Morgan fingerprint density at radius 2 is 1.75 bits per heavy atom. The van der Waals surface area contributed by atoms with Crippen molar-refractivity contribution in [3.63, 3.8) is 0 Å². The molecule has 5 heteroatoms. The first-order chi connectivity index (χ1) is 9.70. The van der Waals surface area contributed by atoms with Crippen LogP contribution in [0.25, 0.3) is 0 Å². The van der Waals surface area contributed by atoms with E-state index in [2.05, 4.69) is 32.6 Å². The number of hydrogen-bond acceptors (Lipinski definition) is 3. The van der Waals surface area contributed by atoms with Crippen molar-refractivity contribution in [1.82, 2.24) is 0 Å². The van der Waals surface area contributed by atoms with E-state index in [0.717, 1.165) is 4.47 Å². The van der Waals surface area contributed by atoms with Gasteiger partial charge in [-0.3, -0.25) is 4.79 Å². The van der Waals surface area contributed by atoms with Gasteiger partial charge < -0.3 is 10.6 Å². The summed E-state index contributed by atoms with van der Waals surface area (Å²) in [5.74, 6) is -0.176. The van der Waals surface area contributed by atoms with Crippen LogP contribution in [-0.4, -0.2) is 12.5 Å². The molecule has 0 unspecified atom stereocenters. The van der Waals surface area contributed by atoms with Gasteiger partial charge in [0, 0.05) is 4.47 Å². The van der Waals surface area contributed by atoms with Crippen LogP contribution in [0.15, 0.2) is 53.0 Å². The highest BCUT2D eigenvalue weighted by Crippen LogP contribution is 2.21. The summed E-state index contributed by atoms with van der Waals surface area (Å²) in [6.45, 7) is 0.0972. The molecule has 0 heterocycles. The third-order valence-corrected chi connectivity index (χ3v) is 3.33. The SMILES string of the molecule is N#Cc1ccccc1NCC(=O)Nc1ccccc1Br. The van der Waals surface area contributed by atoms with Gasteiger partial charge in [0.1, 0.15) is 6.07 Å². The minimum absolute atomic E-state index is 0.0972. The summed E-state index contributed by atoms with van der Waals surface area (Å²) in [6, 6.07) is 16.5. The molecule has 0 spiro atoms. The van der Waals surface area contributed by atoms with Gasteiger partial charge in [-0.1, -0.05) is 24.3 Å². The number of nitrogens with zero attached hydrogens (tertiary/aromatic N) is 1. The van der Waals surface area contributed by atoms with E-state index in [1.165, 1.54) is 0 Å². The van der Waals surface area contributed by atoms with E-state index in [1.54, 1.807) is 18.2 Å². The third kappa shape index (κ3) is 3.59. The van der Waals surface area contributed by atoms with E-state index in [9.17, 15) is 4.79 Å². The van der Waals surface area contributed by atoms with Gasteiger partial charge >= 0.3 is 0 Å². The molecule has 0 saturated carbocycles. The molecule has 2 N–H and O–H groups in total. The van der Waals surface area contributed by atoms with Gasteiger partial charge in [-0.2, -0.15) is 5.26 Å². The van der Waals surface area contributed by atoms with E-state index >= 15 is 0 Å². The van der Waals surface area contributed by atoms with Gasteiger partial charge in [0.05, 0.1) is 23.5 Å². The number of anilines is 2. The summed E-state index contributed by atoms with van der Waals surface area (Å²) in [5.41, 5.74) is 1.88. The number of carbonyl (C=O) groups is 1. The lowest BCUT2D eigenvalue weighted by molar-refractivity contribution is -0.114. The number of hydrogen-bond donors (Lipinski definition) is 2. The van der Waals surface area contributed by atoms with Crippen molar-refractivity contribution in [3.8, 4) is 6.07 Å². The average molecular weight is 330 g/mol. The molecule has 2 aromatic rings. The lowest BCUT2D eigenvalue weighted by atomic mass is 10.2. The molecule has 0 bridgehead atoms. The molecule has 4 nitrogen and oxygen atoms in total. The Morgan fingerprint density at radius 3 is 2.45 bits per heavy atom. The van der Waals surface area contributed by atoms with Crippen LogP contribution in [0.2, 0.25) is 0 Å². The second-order valence-electron chi connectivity index (χ2n) is 4.04. The fourth-order valence-electron chi connectivity index (χ4n) is 1.67. The number of amides is 1. The van der Waals surface area contributed by atoms with Gasteiger partial charge in [-0.05, 0) is 40.2 Å². The Hall–Kier alpha value is -2.32. The monoisotopic (exact) mass is 329 g/mol. The van der Waals surface area contributed by atoms with Gasteiger partial charge in [0.2, 0.25) is 5.91 Å². The third-order valence-electron chi connectivity index (χ3n) is 2.63. The summed E-state index contributed by atoms with van der Waals surface area (Å²) >= 11 is 3.37. The van der Waals surface area contributed by atoms with Crippen molar-refractivity contribution < 1.29 is 4.79 Å². The second kappa shape index (κ2) is 6.73. The van der Waals surface area contributed by atoms with E-state index in [0.29, 0.717) is 16.9 Å². The predicted molar refractivity (Wildman–Crippen MR) is 82.4 cm³/mol. The van der Waals surface area contributed by atoms with Crippen LogP contribution in [0.3, 0.4) is 0 Å². The Morgan fingerprint density at radius 1 is 1.10 bits per heavy atom. The van der Waals surface area contributed by atoms with Crippen molar-refractivity contribution >= 4 is 33.2 Å². The molecule has 20 heavy (non-hydrogen) atoms. The first-order valence-corrected chi connectivity index (χ1v) is 6.77. The number of nitrogens with one attached hydrogen (secondary N) is 2. The minimum Gasteiger partial charge on any atom is -0.375 e. The smallest absolute Gasteiger partial charge is 0.243 e. The number of para-hydroxylation sites is 2. The highest BCUT2D eigenvalue weighted by atomic mass is 79.9. The van der Waals surface area contributed by atoms with Crippen molar-refractivity contribution in [3.05, 3.63) is 58.6 Å². The average Bonchev–Trinajstić information content (AvgIpc) is 2.48. The molecule has 0 radical (unpaired) electrons. The Labute approximate surface area is 125 Å².